The molecule has 0 saturated carbocycles. The highest BCUT2D eigenvalue weighted by Gasteiger charge is 2.11. The van der Waals surface area contributed by atoms with Crippen LogP contribution in [0.2, 0.25) is 0 Å². The molecule has 0 unspecified atom stereocenters. The van der Waals surface area contributed by atoms with Gasteiger partial charge in [0.1, 0.15) is 5.82 Å². The van der Waals surface area contributed by atoms with Crippen molar-refractivity contribution in [1.29, 1.82) is 0 Å². The number of hydrogen-bond acceptors (Lipinski definition) is 6. The van der Waals surface area contributed by atoms with E-state index >= 15 is 0 Å². The lowest BCUT2D eigenvalue weighted by Gasteiger charge is -2.05. The van der Waals surface area contributed by atoms with Crippen molar-refractivity contribution < 1.29 is 8.81 Å². The van der Waals surface area contributed by atoms with E-state index in [1.165, 1.54) is 6.07 Å². The molecule has 8 heteroatoms. The second kappa shape index (κ2) is 7.15. The van der Waals surface area contributed by atoms with E-state index < -0.39 is 0 Å². The summed E-state index contributed by atoms with van der Waals surface area (Å²) in [5.41, 5.74) is 7.04. The maximum atomic E-state index is 13.5. The van der Waals surface area contributed by atoms with Gasteiger partial charge < -0.3 is 15.5 Å². The number of nitrogens with zero attached hydrogens (tertiary/aromatic N) is 3. The van der Waals surface area contributed by atoms with E-state index in [2.05, 4.69) is 20.3 Å². The molecule has 3 aromatic heterocycles. The normalized spacial score (nSPS) is 10.5. The van der Waals surface area contributed by atoms with Gasteiger partial charge in [-0.2, -0.15) is 0 Å². The van der Waals surface area contributed by atoms with E-state index in [9.17, 15) is 4.39 Å². The minimum atomic E-state index is -0.360. The van der Waals surface area contributed by atoms with Crippen LogP contribution in [0.5, 0.6) is 0 Å². The van der Waals surface area contributed by atoms with Gasteiger partial charge in [-0.25, -0.2) is 14.4 Å². The monoisotopic (exact) mass is 323 g/mol. The van der Waals surface area contributed by atoms with Crippen molar-refractivity contribution in [2.75, 3.05) is 11.9 Å². The number of pyridine rings is 2. The van der Waals surface area contributed by atoms with Crippen LogP contribution in [0.25, 0.3) is 11.1 Å². The number of rotatable bonds is 5. The van der Waals surface area contributed by atoms with Crippen LogP contribution in [-0.2, 0) is 13.0 Å². The largest absolute Gasteiger partial charge is 0.440 e. The molecular weight excluding hydrogens is 309 g/mol. The first-order valence-electron chi connectivity index (χ1n) is 6.55. The molecule has 0 saturated heterocycles. The van der Waals surface area contributed by atoms with Gasteiger partial charge in [0.15, 0.2) is 22.8 Å². The fourth-order valence-corrected chi connectivity index (χ4v) is 1.98. The van der Waals surface area contributed by atoms with Crippen molar-refractivity contribution in [3.63, 3.8) is 0 Å². The molecule has 0 bridgehead atoms. The molecule has 3 N–H and O–H groups in total. The summed E-state index contributed by atoms with van der Waals surface area (Å²) < 4.78 is 19.1. The van der Waals surface area contributed by atoms with E-state index in [1.807, 2.05) is 0 Å². The molecule has 3 heterocycles. The molecule has 0 spiro atoms. The van der Waals surface area contributed by atoms with E-state index in [0.29, 0.717) is 41.5 Å². The maximum Gasteiger partial charge on any atom is 0.196 e. The smallest absolute Gasteiger partial charge is 0.196 e. The Morgan fingerprint density at radius 3 is 2.86 bits per heavy atom. The van der Waals surface area contributed by atoms with Crippen LogP contribution in [0.1, 0.15) is 11.6 Å². The van der Waals surface area contributed by atoms with Gasteiger partial charge in [-0.15, -0.1) is 12.4 Å². The van der Waals surface area contributed by atoms with Gasteiger partial charge in [0.2, 0.25) is 0 Å². The summed E-state index contributed by atoms with van der Waals surface area (Å²) in [6.07, 6.45) is 3.71. The molecule has 22 heavy (non-hydrogen) atoms. The highest BCUT2D eigenvalue weighted by molar-refractivity contribution is 5.85. The van der Waals surface area contributed by atoms with Gasteiger partial charge >= 0.3 is 0 Å². The molecule has 3 rings (SSSR count). The molecule has 116 valence electrons. The van der Waals surface area contributed by atoms with Crippen LogP contribution in [0, 0.1) is 5.82 Å². The van der Waals surface area contributed by atoms with E-state index in [0.717, 1.165) is 0 Å². The third-order valence-electron chi connectivity index (χ3n) is 2.97. The van der Waals surface area contributed by atoms with E-state index in [1.54, 1.807) is 24.5 Å². The van der Waals surface area contributed by atoms with Gasteiger partial charge in [-0.1, -0.05) is 0 Å². The van der Waals surface area contributed by atoms with E-state index in [-0.39, 0.29) is 24.8 Å². The molecule has 0 radical (unpaired) electrons. The van der Waals surface area contributed by atoms with Gasteiger partial charge in [0, 0.05) is 31.4 Å². The van der Waals surface area contributed by atoms with E-state index in [4.69, 9.17) is 10.2 Å². The summed E-state index contributed by atoms with van der Waals surface area (Å²) in [5, 5.41) is 3.03. The second-order valence-corrected chi connectivity index (χ2v) is 4.44. The number of nitrogens with two attached hydrogens (primary N) is 1. The quantitative estimate of drug-likeness (QED) is 0.748. The van der Waals surface area contributed by atoms with Crippen LogP contribution >= 0.6 is 12.4 Å². The van der Waals surface area contributed by atoms with Crippen LogP contribution < -0.4 is 11.1 Å². The summed E-state index contributed by atoms with van der Waals surface area (Å²) in [7, 11) is 0. The molecule has 0 aromatic carbocycles. The highest BCUT2D eigenvalue weighted by Crippen LogP contribution is 2.22. The van der Waals surface area contributed by atoms with Gasteiger partial charge in [0.05, 0.1) is 12.2 Å². The molecule has 0 aliphatic carbocycles. The van der Waals surface area contributed by atoms with Gasteiger partial charge in [-0.3, -0.25) is 4.98 Å². The molecule has 3 aromatic rings. The van der Waals surface area contributed by atoms with Crippen molar-refractivity contribution >= 4 is 29.3 Å². The second-order valence-electron chi connectivity index (χ2n) is 4.44. The molecule has 6 nitrogen and oxygen atoms in total. The standard InChI is InChI=1S/C14H14FN5O.ClH/c15-9-2-1-6-17-10(9)8-19-14-13-11(4-7-18-14)21-12(20-13)3-5-16;/h1-2,4,6-7H,3,5,8,16H2,(H,18,19);1H. The van der Waals surface area contributed by atoms with Crippen molar-refractivity contribution in [3.8, 4) is 0 Å². The fraction of sp³-hybridized carbons (Fsp3) is 0.214. The minimum Gasteiger partial charge on any atom is -0.440 e. The SMILES string of the molecule is Cl.NCCc1nc2c(NCc3ncccc3F)nccc2o1. The number of fused-ring (bicyclic) bond motifs is 1. The Morgan fingerprint density at radius 2 is 2.09 bits per heavy atom. The first-order valence-corrected chi connectivity index (χ1v) is 6.55. The average molecular weight is 324 g/mol. The Labute approximate surface area is 132 Å². The summed E-state index contributed by atoms with van der Waals surface area (Å²) >= 11 is 0. The van der Waals surface area contributed by atoms with Crippen LogP contribution in [0.15, 0.2) is 35.0 Å². The van der Waals surface area contributed by atoms with Crippen molar-refractivity contribution in [1.82, 2.24) is 15.0 Å². The lowest BCUT2D eigenvalue weighted by atomic mass is 10.3. The van der Waals surface area contributed by atoms with Crippen molar-refractivity contribution in [2.24, 2.45) is 5.73 Å². The lowest BCUT2D eigenvalue weighted by molar-refractivity contribution is 0.531. The number of hydrogen-bond donors (Lipinski definition) is 2. The third kappa shape index (κ3) is 3.32. The third-order valence-corrected chi connectivity index (χ3v) is 2.97. The first-order chi connectivity index (χ1) is 10.3. The molecule has 0 aliphatic heterocycles. The summed E-state index contributed by atoms with van der Waals surface area (Å²) in [6.45, 7) is 0.681. The number of oxazole rings is 1. The summed E-state index contributed by atoms with van der Waals surface area (Å²) in [6, 6.07) is 4.65. The zero-order valence-electron chi connectivity index (χ0n) is 11.6. The predicted molar refractivity (Wildman–Crippen MR) is 83.3 cm³/mol. The van der Waals surface area contributed by atoms with Crippen LogP contribution in [-0.4, -0.2) is 21.5 Å². The molecular formula is C14H15ClFN5O. The average Bonchev–Trinajstić information content (AvgIpc) is 2.90. The Bertz CT molecular complexity index is 764. The number of halogens is 2. The molecule has 0 aliphatic rings. The summed E-state index contributed by atoms with van der Waals surface area (Å²) in [4.78, 5) is 12.5. The topological polar surface area (TPSA) is 89.9 Å². The Kier molecular flexibility index (Phi) is 5.24. The molecule has 0 atom stereocenters. The van der Waals surface area contributed by atoms with Gasteiger partial charge in [-0.05, 0) is 12.1 Å². The zero-order valence-corrected chi connectivity index (χ0v) is 12.4. The Balaban J connectivity index is 0.00000176. The van der Waals surface area contributed by atoms with Crippen molar-refractivity contribution in [2.45, 2.75) is 13.0 Å². The number of nitrogens with one attached hydrogen (secondary N) is 1. The maximum absolute atomic E-state index is 13.5. The lowest BCUT2D eigenvalue weighted by Crippen LogP contribution is -2.06. The Morgan fingerprint density at radius 1 is 1.23 bits per heavy atom. The summed E-state index contributed by atoms with van der Waals surface area (Å²) in [5.74, 6) is 0.735. The molecule has 0 fully saturated rings. The predicted octanol–water partition coefficient (Wildman–Crippen LogP) is 2.29. The number of anilines is 1. The molecule has 0 amide bonds. The number of aromatic nitrogens is 3. The van der Waals surface area contributed by atoms with Gasteiger partial charge in [0.25, 0.3) is 0 Å². The zero-order chi connectivity index (χ0) is 14.7. The highest BCUT2D eigenvalue weighted by atomic mass is 35.5. The van der Waals surface area contributed by atoms with Crippen molar-refractivity contribution in [3.05, 3.63) is 48.0 Å². The fourth-order valence-electron chi connectivity index (χ4n) is 1.98. The van der Waals surface area contributed by atoms with Crippen LogP contribution in [0.3, 0.4) is 0 Å². The van der Waals surface area contributed by atoms with Crippen LogP contribution in [0.4, 0.5) is 10.2 Å². The first kappa shape index (κ1) is 16.1. The minimum absolute atomic E-state index is 0. The Hall–Kier alpha value is -2.25.